The Morgan fingerprint density at radius 3 is 2.32 bits per heavy atom. The number of primary sulfonamides is 1. The van der Waals surface area contributed by atoms with Crippen LogP contribution >= 0.6 is 0 Å². The number of nitro groups is 1. The molecule has 3 N–H and O–H groups in total. The molecule has 1 unspecified atom stereocenters. The van der Waals surface area contributed by atoms with Crippen LogP contribution in [0.15, 0.2) is 71.6 Å². The van der Waals surface area contributed by atoms with E-state index in [1.807, 2.05) is 0 Å². The van der Waals surface area contributed by atoms with Crippen LogP contribution in [-0.2, 0) is 19.6 Å². The van der Waals surface area contributed by atoms with Gasteiger partial charge in [0.05, 0.1) is 15.4 Å². The molecule has 0 aliphatic rings. The van der Waals surface area contributed by atoms with Crippen LogP contribution in [-0.4, -0.2) is 25.2 Å². The van der Waals surface area contributed by atoms with Crippen LogP contribution < -0.4 is 10.5 Å². The Morgan fingerprint density at radius 2 is 1.71 bits per heavy atom. The number of aryl methyl sites for hydroxylation is 2. The van der Waals surface area contributed by atoms with Gasteiger partial charge in [0.25, 0.3) is 11.6 Å². The lowest BCUT2D eigenvalue weighted by molar-refractivity contribution is -0.384. The van der Waals surface area contributed by atoms with Gasteiger partial charge in [0, 0.05) is 11.6 Å². The fourth-order valence-electron chi connectivity index (χ4n) is 3.17. The van der Waals surface area contributed by atoms with E-state index in [1.54, 1.807) is 50.2 Å². The van der Waals surface area contributed by atoms with Gasteiger partial charge in [-0.2, -0.15) is 0 Å². The minimum absolute atomic E-state index is 0.0648. The number of nitro benzene ring substituents is 1. The van der Waals surface area contributed by atoms with E-state index in [4.69, 9.17) is 9.88 Å². The van der Waals surface area contributed by atoms with Crippen LogP contribution in [0.3, 0.4) is 0 Å². The monoisotopic (exact) mass is 483 g/mol. The first-order chi connectivity index (χ1) is 16.0. The van der Waals surface area contributed by atoms with Crippen LogP contribution in [0.5, 0.6) is 0 Å². The summed E-state index contributed by atoms with van der Waals surface area (Å²) in [6.07, 6.45) is -1.48. The second-order valence-electron chi connectivity index (χ2n) is 7.48. The van der Waals surface area contributed by atoms with Crippen LogP contribution in [0, 0.1) is 24.0 Å². The third-order valence-electron chi connectivity index (χ3n) is 4.93. The number of benzene rings is 3. The summed E-state index contributed by atoms with van der Waals surface area (Å²) in [4.78, 5) is 36.6. The molecule has 0 saturated heterocycles. The number of anilines is 1. The quantitative estimate of drug-likeness (QED) is 0.296. The highest BCUT2D eigenvalue weighted by Crippen LogP contribution is 2.28. The Labute approximate surface area is 195 Å². The lowest BCUT2D eigenvalue weighted by Gasteiger charge is -2.19. The molecule has 0 radical (unpaired) electrons. The number of carbonyl (C=O) groups excluding carboxylic acids is 2. The molecule has 0 saturated carbocycles. The summed E-state index contributed by atoms with van der Waals surface area (Å²) < 4.78 is 28.9. The first kappa shape index (κ1) is 24.6. The van der Waals surface area contributed by atoms with Crippen molar-refractivity contribution in [1.29, 1.82) is 0 Å². The van der Waals surface area contributed by atoms with Crippen molar-refractivity contribution in [3.63, 3.8) is 0 Å². The van der Waals surface area contributed by atoms with Gasteiger partial charge in [-0.3, -0.25) is 14.9 Å². The third-order valence-corrected chi connectivity index (χ3v) is 5.84. The maximum atomic E-state index is 13.1. The number of sulfonamides is 1. The first-order valence-electron chi connectivity index (χ1n) is 9.92. The Kier molecular flexibility index (Phi) is 7.08. The molecule has 176 valence electrons. The van der Waals surface area contributed by atoms with Crippen LogP contribution in [0.4, 0.5) is 11.4 Å². The van der Waals surface area contributed by atoms with Gasteiger partial charge in [-0.15, -0.1) is 0 Å². The average Bonchev–Trinajstić information content (AvgIpc) is 2.78. The van der Waals surface area contributed by atoms with Crippen molar-refractivity contribution in [3.05, 3.63) is 99.1 Å². The minimum atomic E-state index is -4.08. The Morgan fingerprint density at radius 1 is 1.03 bits per heavy atom. The molecule has 0 heterocycles. The second-order valence-corrected chi connectivity index (χ2v) is 9.05. The van der Waals surface area contributed by atoms with E-state index in [2.05, 4.69) is 5.32 Å². The van der Waals surface area contributed by atoms with Crippen molar-refractivity contribution in [1.82, 2.24) is 0 Å². The maximum Gasteiger partial charge on any atom is 0.339 e. The average molecular weight is 484 g/mol. The Bertz CT molecular complexity index is 1370. The summed E-state index contributed by atoms with van der Waals surface area (Å²) in [6.45, 7) is 3.24. The molecular formula is C23H21N3O7S. The summed E-state index contributed by atoms with van der Waals surface area (Å²) in [5.74, 6) is -1.79. The second kappa shape index (κ2) is 9.81. The smallest absolute Gasteiger partial charge is 0.339 e. The SMILES string of the molecule is Cc1ccc(NC(=O)C(OC(=O)c2cc(S(N)(=O)=O)ccc2C)c2ccccc2)c([N+](=O)[O-])c1. The van der Waals surface area contributed by atoms with Gasteiger partial charge in [-0.1, -0.05) is 42.5 Å². The first-order valence-corrected chi connectivity index (χ1v) is 11.5. The largest absolute Gasteiger partial charge is 0.444 e. The zero-order chi connectivity index (χ0) is 25.0. The topological polar surface area (TPSA) is 159 Å². The van der Waals surface area contributed by atoms with Crippen molar-refractivity contribution < 1.29 is 27.7 Å². The van der Waals surface area contributed by atoms with Crippen molar-refractivity contribution in [2.75, 3.05) is 5.32 Å². The van der Waals surface area contributed by atoms with Gasteiger partial charge in [0.1, 0.15) is 5.69 Å². The molecule has 0 aliphatic carbocycles. The normalized spacial score (nSPS) is 12.0. The maximum absolute atomic E-state index is 13.1. The number of nitrogens with zero attached hydrogens (tertiary/aromatic N) is 1. The predicted octanol–water partition coefficient (Wildman–Crippen LogP) is 3.40. The summed E-state index contributed by atoms with van der Waals surface area (Å²) in [5.41, 5.74) is 0.859. The van der Waals surface area contributed by atoms with Gasteiger partial charge in [0.15, 0.2) is 0 Å². The van der Waals surface area contributed by atoms with Gasteiger partial charge in [-0.05, 0) is 43.2 Å². The minimum Gasteiger partial charge on any atom is -0.444 e. The fourth-order valence-corrected chi connectivity index (χ4v) is 3.71. The molecule has 34 heavy (non-hydrogen) atoms. The number of carbonyl (C=O) groups is 2. The molecule has 1 atom stereocenters. The van der Waals surface area contributed by atoms with Gasteiger partial charge >= 0.3 is 5.97 Å². The highest BCUT2D eigenvalue weighted by atomic mass is 32.2. The molecule has 11 heteroatoms. The molecule has 1 amide bonds. The standard InChI is InChI=1S/C23H21N3O7S/c1-14-8-11-19(20(12-14)26(29)30)25-22(27)21(16-6-4-3-5-7-16)33-23(28)18-13-17(34(24,31)32)10-9-15(18)2/h3-13,21H,1-2H3,(H,25,27)(H2,24,31,32). The van der Waals surface area contributed by atoms with Gasteiger partial charge in [-0.25, -0.2) is 18.4 Å². The molecule has 10 nitrogen and oxygen atoms in total. The summed E-state index contributed by atoms with van der Waals surface area (Å²) in [7, 11) is -4.08. The van der Waals surface area contributed by atoms with Crippen molar-refractivity contribution in [3.8, 4) is 0 Å². The van der Waals surface area contributed by atoms with E-state index in [9.17, 15) is 28.1 Å². The van der Waals surface area contributed by atoms with E-state index >= 15 is 0 Å². The van der Waals surface area contributed by atoms with E-state index in [-0.39, 0.29) is 21.8 Å². The molecule has 0 aromatic heterocycles. The van der Waals surface area contributed by atoms with Gasteiger partial charge < -0.3 is 10.1 Å². The molecule has 0 aliphatic heterocycles. The van der Waals surface area contributed by atoms with E-state index in [0.29, 0.717) is 16.7 Å². The van der Waals surface area contributed by atoms with E-state index in [1.165, 1.54) is 24.3 Å². The number of ether oxygens (including phenoxy) is 1. The molecule has 3 aromatic carbocycles. The highest BCUT2D eigenvalue weighted by molar-refractivity contribution is 7.89. The van der Waals surface area contributed by atoms with Crippen molar-refractivity contribution >= 4 is 33.3 Å². The number of nitrogens with two attached hydrogens (primary N) is 1. The molecule has 3 aromatic rings. The van der Waals surface area contributed by atoms with Gasteiger partial charge in [0.2, 0.25) is 16.1 Å². The summed E-state index contributed by atoms with van der Waals surface area (Å²) >= 11 is 0. The zero-order valence-electron chi connectivity index (χ0n) is 18.2. The number of nitrogens with one attached hydrogen (secondary N) is 1. The molecule has 0 fully saturated rings. The van der Waals surface area contributed by atoms with Crippen molar-refractivity contribution in [2.45, 2.75) is 24.8 Å². The summed E-state index contributed by atoms with van der Waals surface area (Å²) in [5, 5.41) is 19.0. The Balaban J connectivity index is 1.97. The van der Waals surface area contributed by atoms with Crippen LogP contribution in [0.1, 0.15) is 33.2 Å². The lowest BCUT2D eigenvalue weighted by Crippen LogP contribution is -2.26. The molecule has 0 spiro atoms. The zero-order valence-corrected chi connectivity index (χ0v) is 19.0. The number of esters is 1. The number of hydrogen-bond acceptors (Lipinski definition) is 7. The van der Waals surface area contributed by atoms with Crippen LogP contribution in [0.2, 0.25) is 0 Å². The molecule has 3 rings (SSSR count). The third kappa shape index (κ3) is 5.63. The Hall–Kier alpha value is -4.09. The lowest BCUT2D eigenvalue weighted by atomic mass is 10.1. The fraction of sp³-hybridized carbons (Fsp3) is 0.130. The van der Waals surface area contributed by atoms with E-state index < -0.39 is 32.9 Å². The van der Waals surface area contributed by atoms with Crippen LogP contribution in [0.25, 0.3) is 0 Å². The number of hydrogen-bond donors (Lipinski definition) is 2. The molecule has 0 bridgehead atoms. The molecular weight excluding hydrogens is 462 g/mol. The number of rotatable bonds is 7. The highest BCUT2D eigenvalue weighted by Gasteiger charge is 2.29. The summed E-state index contributed by atoms with van der Waals surface area (Å²) in [6, 6.07) is 16.1. The number of amides is 1. The van der Waals surface area contributed by atoms with E-state index in [0.717, 1.165) is 6.07 Å². The predicted molar refractivity (Wildman–Crippen MR) is 124 cm³/mol. The van der Waals surface area contributed by atoms with Crippen molar-refractivity contribution in [2.24, 2.45) is 5.14 Å².